The van der Waals surface area contributed by atoms with Crippen molar-refractivity contribution in [2.45, 2.75) is 13.5 Å². The number of tetrazole rings is 1. The number of halogens is 2. The van der Waals surface area contributed by atoms with Gasteiger partial charge < -0.3 is 14.5 Å². The lowest BCUT2D eigenvalue weighted by Gasteiger charge is -2.08. The molecule has 0 saturated heterocycles. The van der Waals surface area contributed by atoms with Crippen LogP contribution in [-0.4, -0.2) is 26.1 Å². The smallest absolute Gasteiger partial charge is 0.291 e. The van der Waals surface area contributed by atoms with Gasteiger partial charge in [0.05, 0.1) is 0 Å². The number of anilines is 1. The highest BCUT2D eigenvalue weighted by Gasteiger charge is 2.15. The molecule has 2 aromatic heterocycles. The van der Waals surface area contributed by atoms with Crippen LogP contribution in [0.3, 0.4) is 0 Å². The van der Waals surface area contributed by atoms with Crippen LogP contribution in [0.5, 0.6) is 5.75 Å². The van der Waals surface area contributed by atoms with Gasteiger partial charge >= 0.3 is 0 Å². The number of aromatic nitrogens is 4. The first-order chi connectivity index (χ1) is 14.5. The number of rotatable bonds is 6. The molecular weight excluding hydrogens is 457 g/mol. The van der Waals surface area contributed by atoms with Crippen molar-refractivity contribution < 1.29 is 18.3 Å². The molecule has 0 spiro atoms. The number of carbonyl (C=O) groups excluding carboxylic acids is 1. The van der Waals surface area contributed by atoms with Gasteiger partial charge in [-0.2, -0.15) is 4.68 Å². The van der Waals surface area contributed by atoms with Gasteiger partial charge in [0.2, 0.25) is 0 Å². The largest absolute Gasteiger partial charge is 0.486 e. The van der Waals surface area contributed by atoms with Gasteiger partial charge in [-0.1, -0.05) is 22.0 Å². The van der Waals surface area contributed by atoms with Crippen LogP contribution in [-0.2, 0) is 6.61 Å². The summed E-state index contributed by atoms with van der Waals surface area (Å²) in [7, 11) is 0. The summed E-state index contributed by atoms with van der Waals surface area (Å²) >= 11 is 3.38. The third kappa shape index (κ3) is 4.38. The fraction of sp³-hybridized carbons (Fsp3) is 0.100. The number of amides is 1. The maximum absolute atomic E-state index is 14.2. The van der Waals surface area contributed by atoms with Crippen LogP contribution in [0.1, 0.15) is 22.1 Å². The van der Waals surface area contributed by atoms with E-state index in [1.807, 2.05) is 24.3 Å². The van der Waals surface area contributed by atoms with Gasteiger partial charge in [0.15, 0.2) is 11.6 Å². The average molecular weight is 472 g/mol. The van der Waals surface area contributed by atoms with Crippen molar-refractivity contribution in [3.63, 3.8) is 0 Å². The van der Waals surface area contributed by atoms with E-state index in [0.717, 1.165) is 4.47 Å². The SMILES string of the molecule is Cc1nnnn1-c1cc(NC(=O)c2ccc(COc3cccc(Br)c3)o2)ccc1F. The lowest BCUT2D eigenvalue weighted by atomic mass is 10.2. The predicted octanol–water partition coefficient (Wildman–Crippen LogP) is 4.30. The van der Waals surface area contributed by atoms with E-state index in [2.05, 4.69) is 36.8 Å². The van der Waals surface area contributed by atoms with Gasteiger partial charge in [0.1, 0.15) is 29.6 Å². The number of hydrogen-bond donors (Lipinski definition) is 1. The summed E-state index contributed by atoms with van der Waals surface area (Å²) in [5, 5.41) is 13.7. The Morgan fingerprint density at radius 2 is 2.10 bits per heavy atom. The Labute approximate surface area is 178 Å². The van der Waals surface area contributed by atoms with Crippen LogP contribution in [0.25, 0.3) is 5.69 Å². The van der Waals surface area contributed by atoms with E-state index in [1.54, 1.807) is 19.1 Å². The fourth-order valence-corrected chi connectivity index (χ4v) is 3.07. The number of aryl methyl sites for hydroxylation is 1. The van der Waals surface area contributed by atoms with Gasteiger partial charge in [0, 0.05) is 10.2 Å². The Bertz CT molecular complexity index is 1210. The number of carbonyl (C=O) groups is 1. The summed E-state index contributed by atoms with van der Waals surface area (Å²) in [4.78, 5) is 12.5. The summed E-state index contributed by atoms with van der Waals surface area (Å²) in [6.45, 7) is 1.81. The Hall–Kier alpha value is -3.53. The van der Waals surface area contributed by atoms with E-state index in [-0.39, 0.29) is 18.1 Å². The Balaban J connectivity index is 1.44. The molecule has 0 unspecified atom stereocenters. The van der Waals surface area contributed by atoms with E-state index >= 15 is 0 Å². The third-order valence-electron chi connectivity index (χ3n) is 4.12. The molecule has 0 saturated carbocycles. The van der Waals surface area contributed by atoms with Gasteiger partial charge in [-0.25, -0.2) is 4.39 Å². The molecule has 8 nitrogen and oxygen atoms in total. The third-order valence-corrected chi connectivity index (χ3v) is 4.61. The normalized spacial score (nSPS) is 10.8. The molecule has 30 heavy (non-hydrogen) atoms. The van der Waals surface area contributed by atoms with Crippen molar-refractivity contribution >= 4 is 27.5 Å². The molecule has 1 amide bonds. The average Bonchev–Trinajstić information content (AvgIpc) is 3.37. The van der Waals surface area contributed by atoms with E-state index in [0.29, 0.717) is 23.0 Å². The number of furan rings is 1. The first-order valence-corrected chi connectivity index (χ1v) is 9.62. The molecule has 0 atom stereocenters. The number of nitrogens with one attached hydrogen (secondary N) is 1. The van der Waals surface area contributed by atoms with Crippen molar-refractivity contribution in [2.75, 3.05) is 5.32 Å². The minimum absolute atomic E-state index is 0.104. The van der Waals surface area contributed by atoms with Crippen molar-refractivity contribution in [3.05, 3.63) is 82.2 Å². The molecule has 0 radical (unpaired) electrons. The number of hydrogen-bond acceptors (Lipinski definition) is 6. The predicted molar refractivity (Wildman–Crippen MR) is 109 cm³/mol. The highest BCUT2D eigenvalue weighted by Crippen LogP contribution is 2.21. The Morgan fingerprint density at radius 3 is 2.87 bits per heavy atom. The first kappa shape index (κ1) is 19.8. The zero-order chi connectivity index (χ0) is 21.1. The zero-order valence-corrected chi connectivity index (χ0v) is 17.3. The van der Waals surface area contributed by atoms with E-state index < -0.39 is 11.7 Å². The van der Waals surface area contributed by atoms with Crippen LogP contribution in [0.4, 0.5) is 10.1 Å². The summed E-state index contributed by atoms with van der Waals surface area (Å²) in [5.41, 5.74) is 0.493. The quantitative estimate of drug-likeness (QED) is 0.450. The van der Waals surface area contributed by atoms with Crippen molar-refractivity contribution in [1.29, 1.82) is 0 Å². The van der Waals surface area contributed by atoms with E-state index in [1.165, 1.54) is 22.9 Å². The lowest BCUT2D eigenvalue weighted by Crippen LogP contribution is -2.12. The molecule has 1 N–H and O–H groups in total. The van der Waals surface area contributed by atoms with Crippen molar-refractivity contribution in [2.24, 2.45) is 0 Å². The first-order valence-electron chi connectivity index (χ1n) is 8.83. The molecule has 2 heterocycles. The number of ether oxygens (including phenoxy) is 1. The fourth-order valence-electron chi connectivity index (χ4n) is 2.69. The zero-order valence-electron chi connectivity index (χ0n) is 15.7. The molecule has 0 aliphatic rings. The molecule has 0 aliphatic carbocycles. The standard InChI is InChI=1S/C20H15BrFN5O3/c1-12-24-25-26-27(12)18-10-14(5-7-17(18)22)23-20(28)19-8-6-16(30-19)11-29-15-4-2-3-13(21)9-15/h2-10H,11H2,1H3,(H,23,28). The highest BCUT2D eigenvalue weighted by molar-refractivity contribution is 9.10. The molecular formula is C20H15BrFN5O3. The summed E-state index contributed by atoms with van der Waals surface area (Å²) < 4.78 is 27.5. The van der Waals surface area contributed by atoms with Crippen molar-refractivity contribution in [3.8, 4) is 11.4 Å². The molecule has 4 rings (SSSR count). The summed E-state index contributed by atoms with van der Waals surface area (Å²) in [5.74, 6) is 0.682. The van der Waals surface area contributed by atoms with Gasteiger partial charge in [-0.15, -0.1) is 5.10 Å². The molecule has 0 aliphatic heterocycles. The van der Waals surface area contributed by atoms with Crippen molar-refractivity contribution in [1.82, 2.24) is 20.2 Å². The van der Waals surface area contributed by atoms with Crippen LogP contribution in [0.2, 0.25) is 0 Å². The lowest BCUT2D eigenvalue weighted by molar-refractivity contribution is 0.0992. The van der Waals surface area contributed by atoms with E-state index in [4.69, 9.17) is 9.15 Å². The molecule has 10 heteroatoms. The summed E-state index contributed by atoms with van der Waals surface area (Å²) in [6.07, 6.45) is 0. The van der Waals surface area contributed by atoms with Crippen LogP contribution in [0, 0.1) is 12.7 Å². The van der Waals surface area contributed by atoms with Crippen LogP contribution in [0.15, 0.2) is 63.5 Å². The van der Waals surface area contributed by atoms with Crippen LogP contribution < -0.4 is 10.1 Å². The minimum Gasteiger partial charge on any atom is -0.486 e. The number of nitrogens with zero attached hydrogens (tertiary/aromatic N) is 4. The number of benzene rings is 2. The molecule has 2 aromatic carbocycles. The second-order valence-corrected chi connectivity index (χ2v) is 7.19. The van der Waals surface area contributed by atoms with Gasteiger partial charge in [-0.3, -0.25) is 4.79 Å². The summed E-state index contributed by atoms with van der Waals surface area (Å²) in [6, 6.07) is 14.7. The molecule has 4 aromatic rings. The second-order valence-electron chi connectivity index (χ2n) is 6.27. The van der Waals surface area contributed by atoms with Crippen LogP contribution >= 0.6 is 15.9 Å². The van der Waals surface area contributed by atoms with Gasteiger partial charge in [0.25, 0.3) is 5.91 Å². The van der Waals surface area contributed by atoms with E-state index in [9.17, 15) is 9.18 Å². The molecule has 0 fully saturated rings. The Kier molecular flexibility index (Phi) is 5.57. The topological polar surface area (TPSA) is 95.1 Å². The highest BCUT2D eigenvalue weighted by atomic mass is 79.9. The minimum atomic E-state index is -0.520. The van der Waals surface area contributed by atoms with Gasteiger partial charge in [-0.05, 0) is 65.9 Å². The Morgan fingerprint density at radius 1 is 1.23 bits per heavy atom. The maximum atomic E-state index is 14.2. The monoisotopic (exact) mass is 471 g/mol. The second kappa shape index (κ2) is 8.46. The maximum Gasteiger partial charge on any atom is 0.291 e. The molecule has 152 valence electrons. The molecule has 0 bridgehead atoms.